The second kappa shape index (κ2) is 4.83. The predicted molar refractivity (Wildman–Crippen MR) is 85.9 cm³/mol. The zero-order chi connectivity index (χ0) is 15.3. The number of H-pyrrole nitrogens is 1. The van der Waals surface area contributed by atoms with Crippen LogP contribution in [0.15, 0.2) is 35.5 Å². The van der Waals surface area contributed by atoms with E-state index in [4.69, 9.17) is 0 Å². The van der Waals surface area contributed by atoms with Crippen molar-refractivity contribution in [3.05, 3.63) is 57.9 Å². The maximum absolute atomic E-state index is 12.6. The molecule has 1 unspecified atom stereocenters. The Hall–Kier alpha value is -2.36. The predicted octanol–water partition coefficient (Wildman–Crippen LogP) is 3.59. The summed E-state index contributed by atoms with van der Waals surface area (Å²) in [7, 11) is 0. The maximum atomic E-state index is 12.6. The van der Waals surface area contributed by atoms with Crippen LogP contribution < -0.4 is 5.32 Å². The Morgan fingerprint density at radius 2 is 2.00 bits per heavy atom. The van der Waals surface area contributed by atoms with Gasteiger partial charge < -0.3 is 5.32 Å². The SMILES string of the molecule is Cc1ccccc1C1C2=C(CCCC2=O)Nc2n[nH]c(C)c21. The lowest BCUT2D eigenvalue weighted by Gasteiger charge is -2.32. The van der Waals surface area contributed by atoms with E-state index in [0.29, 0.717) is 6.42 Å². The summed E-state index contributed by atoms with van der Waals surface area (Å²) in [6.45, 7) is 4.14. The van der Waals surface area contributed by atoms with E-state index >= 15 is 0 Å². The molecule has 2 aliphatic rings. The van der Waals surface area contributed by atoms with Crippen molar-refractivity contribution in [3.8, 4) is 0 Å². The monoisotopic (exact) mass is 293 g/mol. The molecular formula is C18H19N3O. The topological polar surface area (TPSA) is 57.8 Å². The van der Waals surface area contributed by atoms with Gasteiger partial charge in [-0.25, -0.2) is 0 Å². The molecule has 1 aliphatic carbocycles. The van der Waals surface area contributed by atoms with Gasteiger partial charge in [0.05, 0.1) is 0 Å². The number of aromatic amines is 1. The molecule has 0 radical (unpaired) electrons. The number of nitrogens with one attached hydrogen (secondary N) is 2. The molecule has 1 aromatic heterocycles. The van der Waals surface area contributed by atoms with E-state index in [9.17, 15) is 4.79 Å². The second-order valence-electron chi connectivity index (χ2n) is 6.19. The summed E-state index contributed by atoms with van der Waals surface area (Å²) in [5, 5.41) is 10.9. The van der Waals surface area contributed by atoms with Crippen LogP contribution in [-0.4, -0.2) is 16.0 Å². The van der Waals surface area contributed by atoms with Crippen molar-refractivity contribution in [2.75, 3.05) is 5.32 Å². The molecule has 0 fully saturated rings. The molecule has 1 atom stereocenters. The van der Waals surface area contributed by atoms with Gasteiger partial charge >= 0.3 is 0 Å². The lowest BCUT2D eigenvalue weighted by atomic mass is 9.75. The van der Waals surface area contributed by atoms with E-state index in [-0.39, 0.29) is 11.7 Å². The Morgan fingerprint density at radius 1 is 1.18 bits per heavy atom. The molecule has 4 rings (SSSR count). The van der Waals surface area contributed by atoms with Gasteiger partial charge in [0.2, 0.25) is 0 Å². The van der Waals surface area contributed by atoms with Crippen LogP contribution in [0.25, 0.3) is 0 Å². The zero-order valence-corrected chi connectivity index (χ0v) is 12.9. The van der Waals surface area contributed by atoms with Crippen molar-refractivity contribution in [1.29, 1.82) is 0 Å². The molecule has 1 aromatic carbocycles. The van der Waals surface area contributed by atoms with Crippen LogP contribution in [0.4, 0.5) is 5.82 Å². The Balaban J connectivity index is 1.99. The van der Waals surface area contributed by atoms with Crippen molar-refractivity contribution < 1.29 is 4.79 Å². The number of aryl methyl sites for hydroxylation is 2. The van der Waals surface area contributed by atoms with Crippen molar-refractivity contribution in [2.24, 2.45) is 0 Å². The number of aromatic nitrogens is 2. The summed E-state index contributed by atoms with van der Waals surface area (Å²) >= 11 is 0. The van der Waals surface area contributed by atoms with Crippen LogP contribution in [0, 0.1) is 13.8 Å². The molecule has 2 aromatic rings. The van der Waals surface area contributed by atoms with Gasteiger partial charge in [-0.05, 0) is 37.8 Å². The minimum absolute atomic E-state index is 0.000926. The van der Waals surface area contributed by atoms with Crippen molar-refractivity contribution in [2.45, 2.75) is 39.0 Å². The first-order valence-electron chi connectivity index (χ1n) is 7.80. The molecule has 0 saturated carbocycles. The van der Waals surface area contributed by atoms with Crippen LogP contribution in [0.2, 0.25) is 0 Å². The number of carbonyl (C=O) groups is 1. The van der Waals surface area contributed by atoms with Crippen LogP contribution >= 0.6 is 0 Å². The molecule has 2 N–H and O–H groups in total. The Kier molecular flexibility index (Phi) is 2.93. The van der Waals surface area contributed by atoms with Gasteiger partial charge in [0.25, 0.3) is 0 Å². The lowest BCUT2D eigenvalue weighted by molar-refractivity contribution is -0.116. The summed E-state index contributed by atoms with van der Waals surface area (Å²) in [5.74, 6) is 1.14. The number of nitrogens with zero attached hydrogens (tertiary/aromatic N) is 1. The van der Waals surface area contributed by atoms with Gasteiger partial charge in [-0.1, -0.05) is 24.3 Å². The fraction of sp³-hybridized carbons (Fsp3) is 0.333. The molecule has 1 aliphatic heterocycles. The summed E-state index contributed by atoms with van der Waals surface area (Å²) in [6, 6.07) is 8.34. The normalized spacial score (nSPS) is 20.5. The van der Waals surface area contributed by atoms with Crippen LogP contribution in [-0.2, 0) is 4.79 Å². The summed E-state index contributed by atoms with van der Waals surface area (Å²) in [4.78, 5) is 12.6. The quantitative estimate of drug-likeness (QED) is 0.844. The van der Waals surface area contributed by atoms with Crippen LogP contribution in [0.3, 0.4) is 0 Å². The van der Waals surface area contributed by atoms with E-state index in [2.05, 4.69) is 34.6 Å². The number of rotatable bonds is 1. The van der Waals surface area contributed by atoms with Gasteiger partial charge in [-0.2, -0.15) is 5.10 Å². The zero-order valence-electron chi connectivity index (χ0n) is 12.9. The fourth-order valence-corrected chi connectivity index (χ4v) is 3.72. The van der Waals surface area contributed by atoms with Gasteiger partial charge in [0, 0.05) is 34.9 Å². The van der Waals surface area contributed by atoms with Crippen molar-refractivity contribution in [1.82, 2.24) is 10.2 Å². The highest BCUT2D eigenvalue weighted by Crippen LogP contribution is 2.46. The molecule has 4 nitrogen and oxygen atoms in total. The average molecular weight is 293 g/mol. The molecule has 4 heteroatoms. The fourth-order valence-electron chi connectivity index (χ4n) is 3.72. The molecule has 2 heterocycles. The van der Waals surface area contributed by atoms with Gasteiger partial charge in [-0.3, -0.25) is 9.89 Å². The van der Waals surface area contributed by atoms with Crippen LogP contribution in [0.1, 0.15) is 47.6 Å². The number of fused-ring (bicyclic) bond motifs is 1. The third kappa shape index (κ3) is 1.83. The molecule has 0 bridgehead atoms. The first-order valence-corrected chi connectivity index (χ1v) is 7.80. The van der Waals surface area contributed by atoms with Gasteiger partial charge in [0.1, 0.15) is 0 Å². The van der Waals surface area contributed by atoms with E-state index in [1.165, 1.54) is 11.1 Å². The van der Waals surface area contributed by atoms with Gasteiger partial charge in [-0.15, -0.1) is 0 Å². The highest BCUT2D eigenvalue weighted by atomic mass is 16.1. The average Bonchev–Trinajstić information content (AvgIpc) is 2.88. The summed E-state index contributed by atoms with van der Waals surface area (Å²) in [5.41, 5.74) is 6.56. The van der Waals surface area contributed by atoms with Crippen molar-refractivity contribution >= 4 is 11.6 Å². The number of anilines is 1. The third-order valence-electron chi connectivity index (χ3n) is 4.80. The highest BCUT2D eigenvalue weighted by Gasteiger charge is 2.37. The molecule has 0 spiro atoms. The largest absolute Gasteiger partial charge is 0.342 e. The Bertz CT molecular complexity index is 800. The van der Waals surface area contributed by atoms with E-state index in [0.717, 1.165) is 41.2 Å². The van der Waals surface area contributed by atoms with Crippen LogP contribution in [0.5, 0.6) is 0 Å². The van der Waals surface area contributed by atoms with Crippen molar-refractivity contribution in [3.63, 3.8) is 0 Å². The molecular weight excluding hydrogens is 274 g/mol. The lowest BCUT2D eigenvalue weighted by Crippen LogP contribution is -2.27. The second-order valence-corrected chi connectivity index (χ2v) is 6.19. The summed E-state index contributed by atoms with van der Waals surface area (Å²) in [6.07, 6.45) is 2.49. The molecule has 0 amide bonds. The van der Waals surface area contributed by atoms with E-state index < -0.39 is 0 Å². The van der Waals surface area contributed by atoms with E-state index in [1.807, 2.05) is 19.1 Å². The molecule has 0 saturated heterocycles. The van der Waals surface area contributed by atoms with Gasteiger partial charge in [0.15, 0.2) is 11.6 Å². The highest BCUT2D eigenvalue weighted by molar-refractivity contribution is 6.01. The standard InChI is InChI=1S/C18H19N3O/c1-10-6-3-4-7-12(10)16-15-11(2)20-21-18(15)19-13-8-5-9-14(22)17(13)16/h3-4,6-7,16H,5,8-9H2,1-2H3,(H2,19,20,21). The Morgan fingerprint density at radius 3 is 2.82 bits per heavy atom. The minimum Gasteiger partial charge on any atom is -0.342 e. The number of hydrogen-bond donors (Lipinski definition) is 2. The minimum atomic E-state index is -0.000926. The number of allylic oxidation sites excluding steroid dienone is 2. The molecule has 112 valence electrons. The third-order valence-corrected chi connectivity index (χ3v) is 4.80. The Labute approximate surface area is 129 Å². The first-order chi connectivity index (χ1) is 10.7. The van der Waals surface area contributed by atoms with E-state index in [1.54, 1.807) is 0 Å². The number of carbonyl (C=O) groups excluding carboxylic acids is 1. The number of hydrogen-bond acceptors (Lipinski definition) is 3. The number of ketones is 1. The molecule has 22 heavy (non-hydrogen) atoms. The number of Topliss-reactive ketones (excluding diaryl/α,β-unsaturated/α-hetero) is 1. The smallest absolute Gasteiger partial charge is 0.161 e. The summed E-state index contributed by atoms with van der Waals surface area (Å²) < 4.78 is 0. The number of benzene rings is 1. The maximum Gasteiger partial charge on any atom is 0.161 e. The first kappa shape index (κ1) is 13.3.